The van der Waals surface area contributed by atoms with Crippen molar-refractivity contribution in [2.75, 3.05) is 5.32 Å². The number of rotatable bonds is 4. The van der Waals surface area contributed by atoms with E-state index in [0.29, 0.717) is 11.3 Å². The van der Waals surface area contributed by atoms with Gasteiger partial charge in [-0.2, -0.15) is 5.26 Å². The number of aryl methyl sites for hydroxylation is 1. The first-order valence-electron chi connectivity index (χ1n) is 7.72. The molecule has 0 spiro atoms. The number of nitriles is 1. The third-order valence-corrected chi connectivity index (χ3v) is 3.93. The molecule has 0 bridgehead atoms. The van der Waals surface area contributed by atoms with Gasteiger partial charge in [0.05, 0.1) is 16.6 Å². The maximum absolute atomic E-state index is 12.0. The summed E-state index contributed by atoms with van der Waals surface area (Å²) in [7, 11) is 1.46. The van der Waals surface area contributed by atoms with Gasteiger partial charge >= 0.3 is 11.2 Å². The molecule has 128 valence electrons. The number of nitrogens with one attached hydrogen (secondary N) is 1. The molecular weight excluding hydrogens is 332 g/mol. The first-order chi connectivity index (χ1) is 12.5. The topological polar surface area (TPSA) is 101 Å². The minimum absolute atomic E-state index is 0.115. The van der Waals surface area contributed by atoms with Gasteiger partial charge in [-0.15, -0.1) is 0 Å². The molecule has 1 aromatic heterocycles. The number of nitro groups is 1. The molecule has 0 amide bonds. The predicted octanol–water partition coefficient (Wildman–Crippen LogP) is 3.58. The van der Waals surface area contributed by atoms with Gasteiger partial charge in [-0.3, -0.25) is 14.9 Å². The molecule has 0 aliphatic rings. The van der Waals surface area contributed by atoms with Gasteiger partial charge in [0.25, 0.3) is 0 Å². The lowest BCUT2D eigenvalue weighted by Gasteiger charge is -2.10. The van der Waals surface area contributed by atoms with E-state index in [1.807, 2.05) is 18.2 Å². The monoisotopic (exact) mass is 346 g/mol. The molecule has 3 aromatic rings. The van der Waals surface area contributed by atoms with Crippen molar-refractivity contribution in [1.29, 1.82) is 5.26 Å². The number of nitrogens with zero attached hydrogens (tertiary/aromatic N) is 3. The van der Waals surface area contributed by atoms with E-state index in [1.165, 1.54) is 19.3 Å². The minimum Gasteiger partial charge on any atom is -0.350 e. The summed E-state index contributed by atoms with van der Waals surface area (Å²) in [6.45, 7) is 0. The number of benzene rings is 2. The standard InChI is InChI=1S/C19H14N4O3/c1-22-10-9-17(18(19(22)24)23(25)26)21-15-7-4-6-13(11-15)16-8-3-2-5-14(16)12-20/h2-11,21H,1H3. The molecule has 1 heterocycles. The van der Waals surface area contributed by atoms with E-state index in [1.54, 1.807) is 30.3 Å². The normalized spacial score (nSPS) is 10.2. The molecule has 0 aliphatic carbocycles. The van der Waals surface area contributed by atoms with Crippen LogP contribution in [0.3, 0.4) is 0 Å². The van der Waals surface area contributed by atoms with Gasteiger partial charge in [0.1, 0.15) is 5.69 Å². The molecule has 1 N–H and O–H groups in total. The Morgan fingerprint density at radius 3 is 2.65 bits per heavy atom. The van der Waals surface area contributed by atoms with Crippen LogP contribution in [0.15, 0.2) is 65.6 Å². The fourth-order valence-electron chi connectivity index (χ4n) is 2.64. The van der Waals surface area contributed by atoms with Crippen molar-refractivity contribution in [3.05, 3.63) is 86.8 Å². The van der Waals surface area contributed by atoms with Gasteiger partial charge < -0.3 is 9.88 Å². The van der Waals surface area contributed by atoms with Crippen molar-refractivity contribution in [1.82, 2.24) is 4.57 Å². The first-order valence-corrected chi connectivity index (χ1v) is 7.72. The lowest BCUT2D eigenvalue weighted by molar-refractivity contribution is -0.385. The van der Waals surface area contributed by atoms with E-state index in [2.05, 4.69) is 11.4 Å². The average Bonchev–Trinajstić information content (AvgIpc) is 2.64. The van der Waals surface area contributed by atoms with E-state index in [0.717, 1.165) is 15.7 Å². The summed E-state index contributed by atoms with van der Waals surface area (Å²) in [5, 5.41) is 23.5. The SMILES string of the molecule is Cn1ccc(Nc2cccc(-c3ccccc3C#N)c2)c([N+](=O)[O-])c1=O. The lowest BCUT2D eigenvalue weighted by atomic mass is 10.00. The zero-order valence-corrected chi connectivity index (χ0v) is 13.8. The van der Waals surface area contributed by atoms with E-state index in [-0.39, 0.29) is 5.69 Å². The van der Waals surface area contributed by atoms with E-state index in [4.69, 9.17) is 0 Å². The Bertz CT molecular complexity index is 1100. The lowest BCUT2D eigenvalue weighted by Crippen LogP contribution is -2.20. The number of hydrogen-bond donors (Lipinski definition) is 1. The molecule has 0 radical (unpaired) electrons. The summed E-state index contributed by atoms with van der Waals surface area (Å²) in [5.74, 6) is 0. The molecule has 7 nitrogen and oxygen atoms in total. The van der Waals surface area contributed by atoms with Crippen LogP contribution in [-0.4, -0.2) is 9.49 Å². The second-order valence-corrected chi connectivity index (χ2v) is 5.61. The Morgan fingerprint density at radius 2 is 1.92 bits per heavy atom. The van der Waals surface area contributed by atoms with Crippen LogP contribution in [0.2, 0.25) is 0 Å². The van der Waals surface area contributed by atoms with Crippen LogP contribution >= 0.6 is 0 Å². The number of anilines is 2. The van der Waals surface area contributed by atoms with Crippen molar-refractivity contribution in [3.63, 3.8) is 0 Å². The zero-order chi connectivity index (χ0) is 18.7. The van der Waals surface area contributed by atoms with Gasteiger partial charge in [0.2, 0.25) is 0 Å². The summed E-state index contributed by atoms with van der Waals surface area (Å²) in [6, 6.07) is 17.9. The van der Waals surface area contributed by atoms with Gasteiger partial charge in [0, 0.05) is 18.9 Å². The molecule has 0 atom stereocenters. The van der Waals surface area contributed by atoms with Crippen LogP contribution in [-0.2, 0) is 7.05 Å². The van der Waals surface area contributed by atoms with E-state index >= 15 is 0 Å². The number of aromatic nitrogens is 1. The molecule has 26 heavy (non-hydrogen) atoms. The van der Waals surface area contributed by atoms with E-state index < -0.39 is 16.2 Å². The molecule has 0 aliphatic heterocycles. The predicted molar refractivity (Wildman–Crippen MR) is 98.2 cm³/mol. The molecule has 0 fully saturated rings. The smallest absolute Gasteiger partial charge is 0.350 e. The fraction of sp³-hybridized carbons (Fsp3) is 0.0526. The highest BCUT2D eigenvalue weighted by Gasteiger charge is 2.20. The summed E-state index contributed by atoms with van der Waals surface area (Å²) >= 11 is 0. The third-order valence-electron chi connectivity index (χ3n) is 3.93. The van der Waals surface area contributed by atoms with Crippen LogP contribution in [0.25, 0.3) is 11.1 Å². The highest BCUT2D eigenvalue weighted by atomic mass is 16.6. The highest BCUT2D eigenvalue weighted by molar-refractivity contribution is 5.76. The van der Waals surface area contributed by atoms with Crippen LogP contribution in [0.4, 0.5) is 17.1 Å². The second kappa shape index (κ2) is 6.91. The average molecular weight is 346 g/mol. The van der Waals surface area contributed by atoms with Gasteiger partial charge in [0.15, 0.2) is 0 Å². The molecule has 0 saturated heterocycles. The third kappa shape index (κ3) is 3.16. The van der Waals surface area contributed by atoms with Crippen molar-refractivity contribution in [2.45, 2.75) is 0 Å². The molecule has 2 aromatic carbocycles. The number of pyridine rings is 1. The van der Waals surface area contributed by atoms with Crippen LogP contribution in [0, 0.1) is 21.4 Å². The van der Waals surface area contributed by atoms with Crippen LogP contribution < -0.4 is 10.9 Å². The Balaban J connectivity index is 2.04. The van der Waals surface area contributed by atoms with Crippen molar-refractivity contribution in [3.8, 4) is 17.2 Å². The van der Waals surface area contributed by atoms with Crippen molar-refractivity contribution in [2.24, 2.45) is 7.05 Å². The Morgan fingerprint density at radius 1 is 1.15 bits per heavy atom. The van der Waals surface area contributed by atoms with Gasteiger partial charge in [-0.25, -0.2) is 0 Å². The Kier molecular flexibility index (Phi) is 4.50. The first kappa shape index (κ1) is 16.9. The highest BCUT2D eigenvalue weighted by Crippen LogP contribution is 2.29. The quantitative estimate of drug-likeness (QED) is 0.575. The van der Waals surface area contributed by atoms with Crippen LogP contribution in [0.1, 0.15) is 5.56 Å². The minimum atomic E-state index is -0.695. The Labute approximate surface area is 148 Å². The summed E-state index contributed by atoms with van der Waals surface area (Å²) < 4.78 is 1.16. The van der Waals surface area contributed by atoms with Crippen molar-refractivity contribution >= 4 is 17.1 Å². The molecule has 0 saturated carbocycles. The zero-order valence-electron chi connectivity index (χ0n) is 13.8. The van der Waals surface area contributed by atoms with Gasteiger partial charge in [-0.1, -0.05) is 30.3 Å². The van der Waals surface area contributed by atoms with E-state index in [9.17, 15) is 20.2 Å². The summed E-state index contributed by atoms with van der Waals surface area (Å²) in [6.07, 6.45) is 1.46. The van der Waals surface area contributed by atoms with Gasteiger partial charge in [-0.05, 0) is 35.4 Å². The largest absolute Gasteiger partial charge is 0.357 e. The molecular formula is C19H14N4O3. The second-order valence-electron chi connectivity index (χ2n) is 5.61. The summed E-state index contributed by atoms with van der Waals surface area (Å²) in [4.78, 5) is 22.6. The maximum atomic E-state index is 12.0. The Hall–Kier alpha value is -3.92. The fourth-order valence-corrected chi connectivity index (χ4v) is 2.64. The summed E-state index contributed by atoms with van der Waals surface area (Å²) in [5.41, 5.74) is 1.57. The number of hydrogen-bond acceptors (Lipinski definition) is 5. The van der Waals surface area contributed by atoms with Crippen molar-refractivity contribution < 1.29 is 4.92 Å². The maximum Gasteiger partial charge on any atom is 0.357 e. The van der Waals surface area contributed by atoms with Crippen LogP contribution in [0.5, 0.6) is 0 Å². The molecule has 0 unspecified atom stereocenters. The molecule has 3 rings (SSSR count). The molecule has 7 heteroatoms.